The molecule has 0 aliphatic carbocycles. The molecule has 0 N–H and O–H groups in total. The molecular formula is C10H10F3O3. The second-order valence-electron chi connectivity index (χ2n) is 2.64. The zero-order chi connectivity index (χ0) is 12.0. The van der Waals surface area contributed by atoms with Crippen LogP contribution < -0.4 is 14.2 Å². The largest absolute Gasteiger partial charge is 0.459 e. The second-order valence-corrected chi connectivity index (χ2v) is 2.64. The lowest BCUT2D eigenvalue weighted by molar-refractivity contribution is 0.139. The van der Waals surface area contributed by atoms with Crippen LogP contribution in [0.15, 0.2) is 12.1 Å². The summed E-state index contributed by atoms with van der Waals surface area (Å²) >= 11 is 0. The van der Waals surface area contributed by atoms with Crippen LogP contribution in [0.3, 0.4) is 0 Å². The first-order valence-electron chi connectivity index (χ1n) is 4.29. The molecule has 0 bridgehead atoms. The third kappa shape index (κ3) is 2.71. The number of hydrogen-bond donors (Lipinski definition) is 0. The van der Waals surface area contributed by atoms with Crippen LogP contribution in [0.4, 0.5) is 13.2 Å². The highest BCUT2D eigenvalue weighted by Crippen LogP contribution is 2.40. The lowest BCUT2D eigenvalue weighted by atomic mass is 10.2. The number of benzene rings is 1. The van der Waals surface area contributed by atoms with Crippen LogP contribution in [-0.4, -0.2) is 20.6 Å². The van der Waals surface area contributed by atoms with Gasteiger partial charge in [0.2, 0.25) is 26.3 Å². The molecule has 0 saturated heterocycles. The molecule has 1 rings (SSSR count). The highest BCUT2D eigenvalue weighted by atomic mass is 19.1. The van der Waals surface area contributed by atoms with E-state index >= 15 is 0 Å². The van der Waals surface area contributed by atoms with Crippen molar-refractivity contribution < 1.29 is 27.4 Å². The Morgan fingerprint density at radius 2 is 1.44 bits per heavy atom. The van der Waals surface area contributed by atoms with E-state index in [-0.39, 0.29) is 22.8 Å². The predicted octanol–water partition coefficient (Wildman–Crippen LogP) is 2.79. The van der Waals surface area contributed by atoms with Crippen molar-refractivity contribution in [1.29, 1.82) is 0 Å². The van der Waals surface area contributed by atoms with Gasteiger partial charge >= 0.3 is 0 Å². The van der Waals surface area contributed by atoms with Gasteiger partial charge in [-0.3, -0.25) is 0 Å². The van der Waals surface area contributed by atoms with E-state index in [1.54, 1.807) is 0 Å². The van der Waals surface area contributed by atoms with Gasteiger partial charge in [0, 0.05) is 0 Å². The van der Waals surface area contributed by atoms with E-state index in [0.29, 0.717) is 0 Å². The van der Waals surface area contributed by atoms with Crippen LogP contribution in [0.25, 0.3) is 0 Å². The normalized spacial score (nSPS) is 10.0. The Morgan fingerprint density at radius 3 is 2.00 bits per heavy atom. The Hall–Kier alpha value is -1.59. The fourth-order valence-corrected chi connectivity index (χ4v) is 1.16. The zero-order valence-electron chi connectivity index (χ0n) is 8.34. The summed E-state index contributed by atoms with van der Waals surface area (Å²) in [5.74, 6) is -0.382. The summed E-state index contributed by atoms with van der Waals surface area (Å²) in [6, 6.07) is 2.75. The van der Waals surface area contributed by atoms with Crippen molar-refractivity contribution in [2.75, 3.05) is 20.6 Å². The molecule has 1 aromatic rings. The Bertz CT molecular complexity index is 344. The Morgan fingerprint density at radius 1 is 0.875 bits per heavy atom. The Kier molecular flexibility index (Phi) is 4.75. The van der Waals surface area contributed by atoms with Crippen LogP contribution in [0, 0.1) is 6.92 Å². The average Bonchev–Trinajstić information content (AvgIpc) is 2.27. The van der Waals surface area contributed by atoms with Crippen molar-refractivity contribution in [1.82, 2.24) is 0 Å². The molecule has 0 spiro atoms. The van der Waals surface area contributed by atoms with Gasteiger partial charge in [-0.2, -0.15) is 0 Å². The molecule has 3 nitrogen and oxygen atoms in total. The molecule has 1 radical (unpaired) electrons. The van der Waals surface area contributed by atoms with Crippen LogP contribution in [0.5, 0.6) is 17.2 Å². The molecule has 16 heavy (non-hydrogen) atoms. The maximum atomic E-state index is 12.1. The van der Waals surface area contributed by atoms with Gasteiger partial charge in [0.1, 0.15) is 0 Å². The minimum atomic E-state index is -1.17. The van der Waals surface area contributed by atoms with Gasteiger partial charge in [0.15, 0.2) is 11.5 Å². The molecule has 0 aliphatic heterocycles. The third-order valence-electron chi connectivity index (χ3n) is 1.77. The van der Waals surface area contributed by atoms with Gasteiger partial charge in [-0.1, -0.05) is 6.07 Å². The lowest BCUT2D eigenvalue weighted by Crippen LogP contribution is -2.02. The fraction of sp³-hybridized carbons (Fsp3) is 0.300. The third-order valence-corrected chi connectivity index (χ3v) is 1.77. The molecule has 89 valence electrons. The minimum absolute atomic E-state index is 0.0731. The van der Waals surface area contributed by atoms with E-state index in [0.717, 1.165) is 0 Å². The van der Waals surface area contributed by atoms with Crippen molar-refractivity contribution in [2.45, 2.75) is 0 Å². The van der Waals surface area contributed by atoms with Gasteiger partial charge in [0.25, 0.3) is 0 Å². The molecule has 0 unspecified atom stereocenters. The van der Waals surface area contributed by atoms with Gasteiger partial charge in [-0.25, -0.2) is 13.2 Å². The van der Waals surface area contributed by atoms with E-state index in [9.17, 15) is 13.2 Å². The summed E-state index contributed by atoms with van der Waals surface area (Å²) in [7, 11) is 0. The van der Waals surface area contributed by atoms with Crippen LogP contribution >= 0.6 is 0 Å². The molecule has 0 aromatic heterocycles. The van der Waals surface area contributed by atoms with Crippen molar-refractivity contribution in [3.63, 3.8) is 0 Å². The van der Waals surface area contributed by atoms with Crippen molar-refractivity contribution in [3.8, 4) is 17.2 Å². The Labute approximate surface area is 90.7 Å². The van der Waals surface area contributed by atoms with Gasteiger partial charge < -0.3 is 14.2 Å². The highest BCUT2D eigenvalue weighted by Gasteiger charge is 2.15. The van der Waals surface area contributed by atoms with Crippen LogP contribution in [-0.2, 0) is 0 Å². The standard InChI is InChI=1S/C10H10F3O3/c1-7-2-3-8(14-4-11)10(16-6-13)9(7)15-5-12/h2-3H,1,4-6H2. The maximum absolute atomic E-state index is 12.1. The van der Waals surface area contributed by atoms with E-state index < -0.39 is 20.6 Å². The fourth-order valence-electron chi connectivity index (χ4n) is 1.16. The first kappa shape index (κ1) is 12.5. The van der Waals surface area contributed by atoms with Gasteiger partial charge in [-0.05, 0) is 18.6 Å². The van der Waals surface area contributed by atoms with E-state index in [1.165, 1.54) is 12.1 Å². The smallest absolute Gasteiger partial charge is 0.229 e. The topological polar surface area (TPSA) is 27.7 Å². The highest BCUT2D eigenvalue weighted by molar-refractivity contribution is 5.56. The van der Waals surface area contributed by atoms with E-state index in [2.05, 4.69) is 21.1 Å². The summed E-state index contributed by atoms with van der Waals surface area (Å²) in [6.45, 7) is 0.116. The number of rotatable bonds is 6. The van der Waals surface area contributed by atoms with Gasteiger partial charge in [-0.15, -0.1) is 0 Å². The molecule has 0 atom stereocenters. The Balaban J connectivity index is 3.14. The first-order valence-corrected chi connectivity index (χ1v) is 4.29. The summed E-state index contributed by atoms with van der Waals surface area (Å²) in [5.41, 5.74) is 0.285. The summed E-state index contributed by atoms with van der Waals surface area (Å²) in [6.07, 6.45) is 0. The van der Waals surface area contributed by atoms with Crippen LogP contribution in [0.2, 0.25) is 0 Å². The molecule has 0 aliphatic rings. The first-order chi connectivity index (χ1) is 7.74. The summed E-state index contributed by atoms with van der Waals surface area (Å²) in [4.78, 5) is 0. The van der Waals surface area contributed by atoms with Crippen molar-refractivity contribution >= 4 is 0 Å². The molecule has 0 fully saturated rings. The molecule has 0 amide bonds. The molecule has 0 heterocycles. The number of halogens is 3. The lowest BCUT2D eigenvalue weighted by Gasteiger charge is -2.14. The average molecular weight is 235 g/mol. The van der Waals surface area contributed by atoms with Crippen molar-refractivity contribution in [3.05, 3.63) is 24.6 Å². The van der Waals surface area contributed by atoms with E-state index in [1.807, 2.05) is 0 Å². The zero-order valence-corrected chi connectivity index (χ0v) is 8.34. The number of alkyl halides is 3. The minimum Gasteiger partial charge on any atom is -0.459 e. The van der Waals surface area contributed by atoms with Crippen molar-refractivity contribution in [2.24, 2.45) is 0 Å². The molecule has 6 heteroatoms. The maximum Gasteiger partial charge on any atom is 0.229 e. The number of hydrogen-bond acceptors (Lipinski definition) is 3. The molecule has 1 aromatic carbocycles. The number of ether oxygens (including phenoxy) is 3. The molecular weight excluding hydrogens is 225 g/mol. The SMILES string of the molecule is [CH2]c1ccc(OCF)c(OCF)c1OCF. The molecule has 0 saturated carbocycles. The summed E-state index contributed by atoms with van der Waals surface area (Å²) < 4.78 is 49.9. The predicted molar refractivity (Wildman–Crippen MR) is 50.7 cm³/mol. The van der Waals surface area contributed by atoms with E-state index in [4.69, 9.17) is 0 Å². The quantitative estimate of drug-likeness (QED) is 0.758. The second kappa shape index (κ2) is 6.09. The van der Waals surface area contributed by atoms with Gasteiger partial charge in [0.05, 0.1) is 0 Å². The monoisotopic (exact) mass is 235 g/mol. The summed E-state index contributed by atoms with van der Waals surface area (Å²) in [5, 5.41) is 0. The van der Waals surface area contributed by atoms with Crippen LogP contribution in [0.1, 0.15) is 5.56 Å².